The molecule has 0 aromatic rings. The first-order valence-electron chi connectivity index (χ1n) is 7.30. The molecule has 1 N–H and O–H groups in total. The Labute approximate surface area is 127 Å². The number of hydrogen-bond donors (Lipinski definition) is 1. The van der Waals surface area contributed by atoms with Gasteiger partial charge in [-0.3, -0.25) is 4.90 Å². The third kappa shape index (κ3) is 5.03. The van der Waals surface area contributed by atoms with Gasteiger partial charge in [0.1, 0.15) is 5.50 Å². The Balaban J connectivity index is 2.04. The SMILES string of the molecule is CN1CCCN2CCNCC(Cl)C(Cl)N(CC1)CC2. The van der Waals surface area contributed by atoms with Crippen LogP contribution in [-0.2, 0) is 0 Å². The van der Waals surface area contributed by atoms with Crippen LogP contribution in [0.4, 0.5) is 0 Å². The van der Waals surface area contributed by atoms with Crippen LogP contribution in [0.2, 0.25) is 0 Å². The average Bonchev–Trinajstić information content (AvgIpc) is 2.41. The quantitative estimate of drug-likeness (QED) is 0.525. The Morgan fingerprint density at radius 1 is 0.947 bits per heavy atom. The zero-order valence-corrected chi connectivity index (χ0v) is 13.3. The molecule has 0 amide bonds. The predicted octanol–water partition coefficient (Wildman–Crippen LogP) is 0.701. The van der Waals surface area contributed by atoms with Gasteiger partial charge in [0.2, 0.25) is 0 Å². The summed E-state index contributed by atoms with van der Waals surface area (Å²) in [7, 11) is 2.19. The molecule has 2 rings (SSSR count). The maximum absolute atomic E-state index is 6.55. The molecule has 0 spiro atoms. The van der Waals surface area contributed by atoms with Crippen LogP contribution in [0.25, 0.3) is 0 Å². The Bertz CT molecular complexity index is 267. The largest absolute Gasteiger partial charge is 0.314 e. The summed E-state index contributed by atoms with van der Waals surface area (Å²) < 4.78 is 0. The molecule has 112 valence electrons. The summed E-state index contributed by atoms with van der Waals surface area (Å²) in [5, 5.41) is 3.39. The van der Waals surface area contributed by atoms with Crippen molar-refractivity contribution in [2.75, 3.05) is 66.0 Å². The topological polar surface area (TPSA) is 21.8 Å². The number of alkyl halides is 2. The number of halogens is 2. The number of nitrogens with zero attached hydrogens (tertiary/aromatic N) is 3. The molecule has 2 fully saturated rings. The molecule has 4 atom stereocenters. The molecule has 0 aliphatic carbocycles. The maximum atomic E-state index is 6.55. The fourth-order valence-electron chi connectivity index (χ4n) is 2.74. The van der Waals surface area contributed by atoms with E-state index in [0.717, 1.165) is 52.4 Å². The molecule has 4 nitrogen and oxygen atoms in total. The third-order valence-electron chi connectivity index (χ3n) is 4.08. The van der Waals surface area contributed by atoms with E-state index in [1.165, 1.54) is 13.0 Å². The van der Waals surface area contributed by atoms with Gasteiger partial charge < -0.3 is 15.1 Å². The van der Waals surface area contributed by atoms with E-state index in [9.17, 15) is 0 Å². The van der Waals surface area contributed by atoms with Crippen LogP contribution < -0.4 is 5.32 Å². The normalized spacial score (nSPS) is 39.9. The van der Waals surface area contributed by atoms with Gasteiger partial charge in [0, 0.05) is 45.8 Å². The number of fused-ring (bicyclic) bond motifs is 3. The smallest absolute Gasteiger partial charge is 0.103 e. The second-order valence-electron chi connectivity index (χ2n) is 5.63. The lowest BCUT2D eigenvalue weighted by molar-refractivity contribution is 0.145. The highest BCUT2D eigenvalue weighted by Gasteiger charge is 2.26. The van der Waals surface area contributed by atoms with Gasteiger partial charge in [-0.2, -0.15) is 0 Å². The number of hydrogen-bond acceptors (Lipinski definition) is 4. The van der Waals surface area contributed by atoms with E-state index < -0.39 is 0 Å². The Morgan fingerprint density at radius 3 is 2.58 bits per heavy atom. The van der Waals surface area contributed by atoms with Crippen LogP contribution in [0.15, 0.2) is 0 Å². The van der Waals surface area contributed by atoms with E-state index in [0.29, 0.717) is 0 Å². The van der Waals surface area contributed by atoms with Gasteiger partial charge in [-0.25, -0.2) is 0 Å². The molecule has 2 bridgehead atoms. The third-order valence-corrected chi connectivity index (χ3v) is 5.18. The highest BCUT2D eigenvalue weighted by atomic mass is 35.5. The van der Waals surface area contributed by atoms with E-state index in [4.69, 9.17) is 23.2 Å². The summed E-state index contributed by atoms with van der Waals surface area (Å²) in [6.45, 7) is 9.42. The summed E-state index contributed by atoms with van der Waals surface area (Å²) in [5.41, 5.74) is -0.0815. The highest BCUT2D eigenvalue weighted by Crippen LogP contribution is 2.16. The second kappa shape index (κ2) is 8.01. The van der Waals surface area contributed by atoms with Crippen molar-refractivity contribution in [2.45, 2.75) is 17.3 Å². The van der Waals surface area contributed by atoms with Gasteiger partial charge in [-0.15, -0.1) is 23.2 Å². The van der Waals surface area contributed by atoms with Crippen molar-refractivity contribution in [3.8, 4) is 0 Å². The maximum Gasteiger partial charge on any atom is 0.103 e. The minimum Gasteiger partial charge on any atom is -0.314 e. The molecule has 0 saturated carbocycles. The lowest BCUT2D eigenvalue weighted by Crippen LogP contribution is -2.51. The first-order valence-corrected chi connectivity index (χ1v) is 8.18. The molecule has 2 aliphatic rings. The molecule has 19 heavy (non-hydrogen) atoms. The van der Waals surface area contributed by atoms with Crippen molar-refractivity contribution < 1.29 is 0 Å². The van der Waals surface area contributed by atoms with Crippen LogP contribution >= 0.6 is 23.2 Å². The van der Waals surface area contributed by atoms with Crippen molar-refractivity contribution in [3.63, 3.8) is 0 Å². The van der Waals surface area contributed by atoms with Crippen molar-refractivity contribution in [3.05, 3.63) is 0 Å². The second-order valence-corrected chi connectivity index (χ2v) is 6.63. The van der Waals surface area contributed by atoms with Crippen molar-refractivity contribution in [2.24, 2.45) is 0 Å². The van der Waals surface area contributed by atoms with Gasteiger partial charge in [-0.1, -0.05) is 0 Å². The molecule has 2 saturated heterocycles. The van der Waals surface area contributed by atoms with E-state index in [1.54, 1.807) is 0 Å². The molecular formula is C13H26Cl2N4. The standard InChI is InChI=1S/C13H26Cl2N4/c1-17-4-2-5-18-6-3-16-11-12(14)13(15)19(9-7-17)10-8-18/h12-13,16H,2-11H2,1H3. The Morgan fingerprint density at radius 2 is 1.74 bits per heavy atom. The van der Waals surface area contributed by atoms with Crippen molar-refractivity contribution in [1.82, 2.24) is 20.0 Å². The van der Waals surface area contributed by atoms with Gasteiger partial charge >= 0.3 is 0 Å². The van der Waals surface area contributed by atoms with Crippen LogP contribution in [0.3, 0.4) is 0 Å². The fourth-order valence-corrected chi connectivity index (χ4v) is 3.29. The zero-order chi connectivity index (χ0) is 13.7. The zero-order valence-electron chi connectivity index (χ0n) is 11.8. The Kier molecular flexibility index (Phi) is 6.66. The van der Waals surface area contributed by atoms with Gasteiger partial charge in [0.25, 0.3) is 0 Å². The van der Waals surface area contributed by atoms with E-state index in [1.807, 2.05) is 0 Å². The Hall–Kier alpha value is 0.420. The predicted molar refractivity (Wildman–Crippen MR) is 82.3 cm³/mol. The minimum atomic E-state index is -0.0815. The first-order chi connectivity index (χ1) is 9.16. The van der Waals surface area contributed by atoms with Gasteiger partial charge in [0.05, 0.1) is 5.38 Å². The number of nitrogens with one attached hydrogen (secondary N) is 1. The monoisotopic (exact) mass is 308 g/mol. The molecule has 4 unspecified atom stereocenters. The molecule has 2 aliphatic heterocycles. The molecule has 0 radical (unpaired) electrons. The number of likely N-dealkylation sites (N-methyl/N-ethyl adjacent to an activating group) is 1. The van der Waals surface area contributed by atoms with Crippen LogP contribution in [0, 0.1) is 0 Å². The summed E-state index contributed by atoms with van der Waals surface area (Å²) in [6, 6.07) is 0. The van der Waals surface area contributed by atoms with Gasteiger partial charge in [-0.05, 0) is 26.6 Å². The van der Waals surface area contributed by atoms with Crippen LogP contribution in [0.5, 0.6) is 0 Å². The summed E-state index contributed by atoms with van der Waals surface area (Å²) in [6.07, 6.45) is 1.25. The lowest BCUT2D eigenvalue weighted by Gasteiger charge is -2.36. The van der Waals surface area contributed by atoms with E-state index in [2.05, 4.69) is 27.1 Å². The molecule has 2 heterocycles. The van der Waals surface area contributed by atoms with Crippen LogP contribution in [-0.4, -0.2) is 91.5 Å². The lowest BCUT2D eigenvalue weighted by atomic mass is 10.2. The summed E-state index contributed by atoms with van der Waals surface area (Å²) in [4.78, 5) is 7.27. The molecular weight excluding hydrogens is 283 g/mol. The van der Waals surface area contributed by atoms with Crippen molar-refractivity contribution in [1.29, 1.82) is 0 Å². The average molecular weight is 309 g/mol. The van der Waals surface area contributed by atoms with Crippen molar-refractivity contribution >= 4 is 23.2 Å². The molecule has 6 heteroatoms. The molecule has 0 aromatic heterocycles. The minimum absolute atomic E-state index is 0.0264. The summed E-state index contributed by atoms with van der Waals surface area (Å²) >= 11 is 12.9. The van der Waals surface area contributed by atoms with Gasteiger partial charge in [0.15, 0.2) is 0 Å². The van der Waals surface area contributed by atoms with E-state index in [-0.39, 0.29) is 10.9 Å². The molecule has 0 aromatic carbocycles. The fraction of sp³-hybridized carbons (Fsp3) is 1.00. The van der Waals surface area contributed by atoms with E-state index >= 15 is 0 Å². The number of rotatable bonds is 0. The van der Waals surface area contributed by atoms with Crippen LogP contribution in [0.1, 0.15) is 6.42 Å². The first kappa shape index (κ1) is 15.8. The summed E-state index contributed by atoms with van der Waals surface area (Å²) in [5.74, 6) is 0. The highest BCUT2D eigenvalue weighted by molar-refractivity contribution is 6.29.